The molecule has 0 bridgehead atoms. The zero-order valence-electron chi connectivity index (χ0n) is 14.4. The largest absolute Gasteiger partial charge is 0.393 e. The van der Waals surface area contributed by atoms with E-state index in [4.69, 9.17) is 0 Å². The van der Waals surface area contributed by atoms with Crippen LogP contribution in [0.15, 0.2) is 24.3 Å². The van der Waals surface area contributed by atoms with Crippen molar-refractivity contribution in [3.05, 3.63) is 24.3 Å². The summed E-state index contributed by atoms with van der Waals surface area (Å²) < 4.78 is 0. The second-order valence-corrected chi connectivity index (χ2v) is 9.14. The Balaban J connectivity index is 1.63. The number of aliphatic hydroxyl groups is 1. The molecule has 4 aliphatic rings. The number of aliphatic hydroxyl groups excluding tert-OH is 1. The number of hydrogen-bond acceptors (Lipinski definition) is 1. The van der Waals surface area contributed by atoms with Gasteiger partial charge in [0, 0.05) is 0 Å². The first-order valence-corrected chi connectivity index (χ1v) is 9.50. The Bertz CT molecular complexity index is 506. The third kappa shape index (κ3) is 1.87. The second-order valence-electron chi connectivity index (χ2n) is 9.14. The third-order valence-corrected chi connectivity index (χ3v) is 8.50. The highest BCUT2D eigenvalue weighted by molar-refractivity contribution is 5.32. The molecular formula is C21H32O. The van der Waals surface area contributed by atoms with Gasteiger partial charge >= 0.3 is 0 Å². The van der Waals surface area contributed by atoms with Crippen molar-refractivity contribution < 1.29 is 5.11 Å². The van der Waals surface area contributed by atoms with Gasteiger partial charge in [0.2, 0.25) is 0 Å². The summed E-state index contributed by atoms with van der Waals surface area (Å²) in [6, 6.07) is 0. The highest BCUT2D eigenvalue weighted by atomic mass is 16.3. The predicted molar refractivity (Wildman–Crippen MR) is 91.4 cm³/mol. The molecule has 3 fully saturated rings. The summed E-state index contributed by atoms with van der Waals surface area (Å²) in [4.78, 5) is 0. The highest BCUT2D eigenvalue weighted by Gasteiger charge is 2.58. The molecule has 0 spiro atoms. The van der Waals surface area contributed by atoms with E-state index in [-0.39, 0.29) is 6.10 Å². The van der Waals surface area contributed by atoms with E-state index in [1.54, 1.807) is 0 Å². The molecule has 4 rings (SSSR count). The van der Waals surface area contributed by atoms with Crippen molar-refractivity contribution in [2.75, 3.05) is 0 Å². The van der Waals surface area contributed by atoms with E-state index in [1.165, 1.54) is 44.1 Å². The average molecular weight is 300 g/mol. The second kappa shape index (κ2) is 4.97. The number of hydrogen-bond donors (Lipinski definition) is 1. The molecule has 22 heavy (non-hydrogen) atoms. The minimum atomic E-state index is -0.0241. The molecule has 0 amide bonds. The summed E-state index contributed by atoms with van der Waals surface area (Å²) in [5, 5.41) is 10.1. The highest BCUT2D eigenvalue weighted by Crippen LogP contribution is 2.66. The minimum Gasteiger partial charge on any atom is -0.393 e. The Kier molecular flexibility index (Phi) is 3.39. The molecule has 0 heterocycles. The molecule has 0 aliphatic heterocycles. The summed E-state index contributed by atoms with van der Waals surface area (Å²) in [6.45, 7) is 9.15. The Hall–Kier alpha value is -0.560. The van der Waals surface area contributed by atoms with Gasteiger partial charge < -0.3 is 5.11 Å². The molecule has 4 aliphatic carbocycles. The Morgan fingerprint density at radius 2 is 1.95 bits per heavy atom. The quantitative estimate of drug-likeness (QED) is 0.713. The molecule has 122 valence electrons. The summed E-state index contributed by atoms with van der Waals surface area (Å²) >= 11 is 0. The predicted octanol–water partition coefficient (Wildman–Crippen LogP) is 5.11. The third-order valence-electron chi connectivity index (χ3n) is 8.50. The van der Waals surface area contributed by atoms with Gasteiger partial charge in [0.1, 0.15) is 0 Å². The van der Waals surface area contributed by atoms with Gasteiger partial charge in [0.15, 0.2) is 0 Å². The van der Waals surface area contributed by atoms with Crippen LogP contribution in [0.1, 0.15) is 65.2 Å². The molecule has 0 aromatic rings. The lowest BCUT2D eigenvalue weighted by atomic mass is 9.44. The van der Waals surface area contributed by atoms with E-state index in [0.717, 1.165) is 36.5 Å². The van der Waals surface area contributed by atoms with Crippen LogP contribution in [0, 0.1) is 34.5 Å². The fraction of sp³-hybridized carbons (Fsp3) is 0.810. The van der Waals surface area contributed by atoms with Crippen LogP contribution in [0.5, 0.6) is 0 Å². The van der Waals surface area contributed by atoms with E-state index in [9.17, 15) is 5.11 Å². The van der Waals surface area contributed by atoms with Gasteiger partial charge in [-0.05, 0) is 91.4 Å². The van der Waals surface area contributed by atoms with Crippen LogP contribution >= 0.6 is 0 Å². The first kappa shape index (κ1) is 15.0. The van der Waals surface area contributed by atoms with E-state index in [0.29, 0.717) is 10.8 Å². The van der Waals surface area contributed by atoms with E-state index in [1.807, 2.05) is 0 Å². The van der Waals surface area contributed by atoms with Gasteiger partial charge in [-0.25, -0.2) is 0 Å². The Labute approximate surface area is 135 Å². The van der Waals surface area contributed by atoms with Gasteiger partial charge in [-0.3, -0.25) is 0 Å². The molecule has 0 aromatic carbocycles. The molecule has 0 saturated heterocycles. The van der Waals surface area contributed by atoms with Crippen LogP contribution in [-0.4, -0.2) is 11.2 Å². The molecule has 7 atom stereocenters. The maximum Gasteiger partial charge on any atom is 0.0543 e. The smallest absolute Gasteiger partial charge is 0.0543 e. The van der Waals surface area contributed by atoms with Gasteiger partial charge in [-0.1, -0.05) is 32.6 Å². The van der Waals surface area contributed by atoms with Crippen molar-refractivity contribution in [3.63, 3.8) is 0 Å². The first-order valence-electron chi connectivity index (χ1n) is 9.50. The normalized spacial score (nSPS) is 54.0. The standard InChI is InChI=1S/C21H32O/c1-4-14-6-8-18-17-7-5-15-13-16(22)9-11-21(15,3)19(17)10-12-20(14,18)2/h4,6,15-19,22H,1,5,7-13H2,2-3H3/t15-,16?,17?,18?,19?,20-,21+/m1/s1. The van der Waals surface area contributed by atoms with Crippen LogP contribution < -0.4 is 0 Å². The fourth-order valence-electron chi connectivity index (χ4n) is 7.15. The molecule has 4 unspecified atom stereocenters. The zero-order valence-corrected chi connectivity index (χ0v) is 14.4. The topological polar surface area (TPSA) is 20.2 Å². The summed E-state index contributed by atoms with van der Waals surface area (Å²) in [5.74, 6) is 3.43. The van der Waals surface area contributed by atoms with Crippen molar-refractivity contribution in [1.82, 2.24) is 0 Å². The van der Waals surface area contributed by atoms with Crippen LogP contribution in [0.4, 0.5) is 0 Å². The number of rotatable bonds is 1. The monoisotopic (exact) mass is 300 g/mol. The van der Waals surface area contributed by atoms with E-state index in [2.05, 4.69) is 32.6 Å². The maximum atomic E-state index is 10.1. The van der Waals surface area contributed by atoms with Crippen LogP contribution in [0.25, 0.3) is 0 Å². The lowest BCUT2D eigenvalue weighted by Gasteiger charge is -2.60. The number of allylic oxidation sites excluding steroid dienone is 3. The Morgan fingerprint density at radius 1 is 1.14 bits per heavy atom. The maximum absolute atomic E-state index is 10.1. The SMILES string of the molecule is C=CC1=CCC2C3CC[C@@H]4CC(O)CC[C@]4(C)C3CC[C@]12C. The van der Waals surface area contributed by atoms with E-state index >= 15 is 0 Å². The minimum absolute atomic E-state index is 0.0241. The molecule has 1 heteroatoms. The molecule has 0 aromatic heterocycles. The molecule has 1 N–H and O–H groups in total. The molecule has 0 radical (unpaired) electrons. The van der Waals surface area contributed by atoms with E-state index < -0.39 is 0 Å². The van der Waals surface area contributed by atoms with Gasteiger partial charge in [-0.2, -0.15) is 0 Å². The molecular weight excluding hydrogens is 268 g/mol. The van der Waals surface area contributed by atoms with Crippen molar-refractivity contribution in [2.45, 2.75) is 71.3 Å². The van der Waals surface area contributed by atoms with Crippen LogP contribution in [-0.2, 0) is 0 Å². The Morgan fingerprint density at radius 3 is 2.73 bits per heavy atom. The number of fused-ring (bicyclic) bond motifs is 5. The van der Waals surface area contributed by atoms with Crippen molar-refractivity contribution in [1.29, 1.82) is 0 Å². The molecule has 1 nitrogen and oxygen atoms in total. The van der Waals surface area contributed by atoms with Gasteiger partial charge in [-0.15, -0.1) is 0 Å². The van der Waals surface area contributed by atoms with Gasteiger partial charge in [0.25, 0.3) is 0 Å². The van der Waals surface area contributed by atoms with Gasteiger partial charge in [0.05, 0.1) is 6.10 Å². The molecule has 3 saturated carbocycles. The van der Waals surface area contributed by atoms with Crippen LogP contribution in [0.3, 0.4) is 0 Å². The fourth-order valence-corrected chi connectivity index (χ4v) is 7.15. The van der Waals surface area contributed by atoms with Crippen molar-refractivity contribution in [2.24, 2.45) is 34.5 Å². The lowest BCUT2D eigenvalue weighted by molar-refractivity contribution is -0.117. The summed E-state index contributed by atoms with van der Waals surface area (Å²) in [7, 11) is 0. The lowest BCUT2D eigenvalue weighted by Crippen LogP contribution is -2.53. The van der Waals surface area contributed by atoms with Crippen molar-refractivity contribution in [3.8, 4) is 0 Å². The van der Waals surface area contributed by atoms with Crippen molar-refractivity contribution >= 4 is 0 Å². The summed E-state index contributed by atoms with van der Waals surface area (Å²) in [6.07, 6.45) is 14.7. The summed E-state index contributed by atoms with van der Waals surface area (Å²) in [5.41, 5.74) is 2.43. The van der Waals surface area contributed by atoms with Crippen LogP contribution in [0.2, 0.25) is 0 Å². The first-order chi connectivity index (χ1) is 10.5. The average Bonchev–Trinajstić information content (AvgIpc) is 2.84. The zero-order chi connectivity index (χ0) is 15.5.